The molecular weight excluding hydrogens is 354 g/mol. The van der Waals surface area contributed by atoms with Crippen molar-refractivity contribution in [2.24, 2.45) is 4.99 Å². The molecule has 25 heavy (non-hydrogen) atoms. The minimum atomic E-state index is -1.04. The normalized spacial score (nSPS) is 14.0. The lowest BCUT2D eigenvalue weighted by atomic mass is 10.1. The Morgan fingerprint density at radius 3 is 2.64 bits per heavy atom. The quantitative estimate of drug-likeness (QED) is 0.570. The summed E-state index contributed by atoms with van der Waals surface area (Å²) in [5.41, 5.74) is 1.09. The van der Waals surface area contributed by atoms with Crippen LogP contribution in [0.1, 0.15) is 25.5 Å². The van der Waals surface area contributed by atoms with Gasteiger partial charge in [-0.05, 0) is 43.7 Å². The summed E-state index contributed by atoms with van der Waals surface area (Å²) >= 11 is 6.06. The molecule has 2 unspecified atom stereocenters. The number of rotatable bonds is 7. The molecule has 0 heterocycles. The molecule has 0 aliphatic carbocycles. The molecule has 2 N–H and O–H groups in total. The first-order valence-corrected chi connectivity index (χ1v) is 10.0. The summed E-state index contributed by atoms with van der Waals surface area (Å²) in [4.78, 5) is 5.37. The average molecular weight is 378 g/mol. The largest absolute Gasteiger partial charge is 0.357 e. The van der Waals surface area contributed by atoms with E-state index >= 15 is 0 Å². The smallest absolute Gasteiger partial charge is 0.191 e. The van der Waals surface area contributed by atoms with E-state index < -0.39 is 10.8 Å². The predicted octanol–water partition coefficient (Wildman–Crippen LogP) is 3.76. The van der Waals surface area contributed by atoms with E-state index in [0.29, 0.717) is 23.3 Å². The molecule has 2 aromatic carbocycles. The van der Waals surface area contributed by atoms with Gasteiger partial charge >= 0.3 is 0 Å². The van der Waals surface area contributed by atoms with Crippen LogP contribution in [-0.4, -0.2) is 29.0 Å². The van der Waals surface area contributed by atoms with Gasteiger partial charge in [-0.25, -0.2) is 0 Å². The zero-order chi connectivity index (χ0) is 18.1. The lowest BCUT2D eigenvalue weighted by molar-refractivity contribution is 0.680. The van der Waals surface area contributed by atoms with Crippen LogP contribution < -0.4 is 10.6 Å². The first-order valence-electron chi connectivity index (χ1n) is 8.34. The lowest BCUT2D eigenvalue weighted by Gasteiger charge is -2.18. The minimum Gasteiger partial charge on any atom is -0.357 e. The first kappa shape index (κ1) is 19.5. The second-order valence-corrected chi connectivity index (χ2v) is 7.55. The molecule has 0 bridgehead atoms. The molecule has 2 aromatic rings. The Balaban J connectivity index is 1.95. The van der Waals surface area contributed by atoms with Crippen LogP contribution in [0, 0.1) is 0 Å². The second-order valence-electron chi connectivity index (χ2n) is 5.54. The molecule has 0 aliphatic heterocycles. The Morgan fingerprint density at radius 1 is 1.20 bits per heavy atom. The van der Waals surface area contributed by atoms with Crippen molar-refractivity contribution in [2.75, 3.05) is 18.8 Å². The molecule has 6 heteroatoms. The highest BCUT2D eigenvalue weighted by Crippen LogP contribution is 2.17. The van der Waals surface area contributed by atoms with E-state index in [0.717, 1.165) is 17.0 Å². The van der Waals surface area contributed by atoms with Crippen molar-refractivity contribution < 1.29 is 4.21 Å². The van der Waals surface area contributed by atoms with Crippen LogP contribution in [0.25, 0.3) is 0 Å². The van der Waals surface area contributed by atoms with Gasteiger partial charge in [-0.1, -0.05) is 41.9 Å². The third-order valence-electron chi connectivity index (χ3n) is 3.60. The maximum Gasteiger partial charge on any atom is 0.191 e. The van der Waals surface area contributed by atoms with E-state index in [1.807, 2.05) is 61.5 Å². The standard InChI is InChI=1S/C19H24ClN3OS/c1-3-21-19(23-15(2)16-8-7-9-17(20)14-16)22-12-13-25(24)18-10-5-4-6-11-18/h4-11,14-15H,3,12-13H2,1-2H3,(H2,21,22,23). The van der Waals surface area contributed by atoms with Crippen LogP contribution in [0.5, 0.6) is 0 Å². The summed E-state index contributed by atoms with van der Waals surface area (Å²) in [5, 5.41) is 7.29. The van der Waals surface area contributed by atoms with Crippen molar-refractivity contribution in [1.82, 2.24) is 10.6 Å². The van der Waals surface area contributed by atoms with E-state index in [1.165, 1.54) is 0 Å². The molecule has 0 fully saturated rings. The van der Waals surface area contributed by atoms with E-state index in [1.54, 1.807) is 0 Å². The molecule has 0 aliphatic rings. The van der Waals surface area contributed by atoms with Crippen molar-refractivity contribution in [3.63, 3.8) is 0 Å². The van der Waals surface area contributed by atoms with Crippen LogP contribution in [0.2, 0.25) is 5.02 Å². The fourth-order valence-corrected chi connectivity index (χ4v) is 3.47. The SMILES string of the molecule is CCNC(=NCCS(=O)c1ccccc1)NC(C)c1cccc(Cl)c1. The zero-order valence-corrected chi connectivity index (χ0v) is 16.1. The molecular formula is C19H24ClN3OS. The van der Waals surface area contributed by atoms with Gasteiger partial charge in [0.1, 0.15) is 0 Å². The van der Waals surface area contributed by atoms with Crippen LogP contribution >= 0.6 is 11.6 Å². The van der Waals surface area contributed by atoms with Crippen LogP contribution in [-0.2, 0) is 10.8 Å². The van der Waals surface area contributed by atoms with E-state index in [9.17, 15) is 4.21 Å². The molecule has 2 atom stereocenters. The number of nitrogens with zero attached hydrogens (tertiary/aromatic N) is 1. The Bertz CT molecular complexity index is 722. The summed E-state index contributed by atoms with van der Waals surface area (Å²) < 4.78 is 12.3. The van der Waals surface area contributed by atoms with E-state index in [4.69, 9.17) is 11.6 Å². The van der Waals surface area contributed by atoms with Gasteiger partial charge in [0.25, 0.3) is 0 Å². The highest BCUT2D eigenvalue weighted by atomic mass is 35.5. The maximum atomic E-state index is 12.3. The second kappa shape index (κ2) is 10.2. The number of halogens is 1. The van der Waals surface area contributed by atoms with Gasteiger partial charge in [0.2, 0.25) is 0 Å². The van der Waals surface area contributed by atoms with E-state index in [-0.39, 0.29) is 6.04 Å². The van der Waals surface area contributed by atoms with Gasteiger partial charge < -0.3 is 10.6 Å². The van der Waals surface area contributed by atoms with E-state index in [2.05, 4.69) is 22.5 Å². The van der Waals surface area contributed by atoms with Gasteiger partial charge in [0, 0.05) is 22.2 Å². The van der Waals surface area contributed by atoms with Crippen molar-refractivity contribution in [3.8, 4) is 0 Å². The van der Waals surface area contributed by atoms with Crippen molar-refractivity contribution >= 4 is 28.4 Å². The van der Waals surface area contributed by atoms with Crippen molar-refractivity contribution in [2.45, 2.75) is 24.8 Å². The monoisotopic (exact) mass is 377 g/mol. The third-order valence-corrected chi connectivity index (χ3v) is 5.19. The summed E-state index contributed by atoms with van der Waals surface area (Å²) in [6.45, 7) is 5.32. The number of nitrogens with one attached hydrogen (secondary N) is 2. The summed E-state index contributed by atoms with van der Waals surface area (Å²) in [6.07, 6.45) is 0. The summed E-state index contributed by atoms with van der Waals surface area (Å²) in [6, 6.07) is 17.3. The van der Waals surface area contributed by atoms with Crippen LogP contribution in [0.4, 0.5) is 0 Å². The molecule has 0 saturated carbocycles. The molecule has 0 saturated heterocycles. The average Bonchev–Trinajstić information content (AvgIpc) is 2.62. The molecule has 134 valence electrons. The van der Waals surface area contributed by atoms with Gasteiger partial charge in [-0.3, -0.25) is 9.20 Å². The fourth-order valence-electron chi connectivity index (χ4n) is 2.31. The van der Waals surface area contributed by atoms with Crippen LogP contribution in [0.15, 0.2) is 64.5 Å². The topological polar surface area (TPSA) is 53.5 Å². The van der Waals surface area contributed by atoms with Gasteiger partial charge in [0.15, 0.2) is 5.96 Å². The Kier molecular flexibility index (Phi) is 7.95. The van der Waals surface area contributed by atoms with Crippen LogP contribution in [0.3, 0.4) is 0 Å². The highest BCUT2D eigenvalue weighted by Gasteiger charge is 2.08. The molecule has 0 amide bonds. The Morgan fingerprint density at radius 2 is 1.96 bits per heavy atom. The zero-order valence-electron chi connectivity index (χ0n) is 14.5. The maximum absolute atomic E-state index is 12.3. The Labute approximate surface area is 157 Å². The molecule has 2 rings (SSSR count). The van der Waals surface area contributed by atoms with Crippen molar-refractivity contribution in [1.29, 1.82) is 0 Å². The first-order chi connectivity index (χ1) is 12.1. The van der Waals surface area contributed by atoms with Gasteiger partial charge in [0.05, 0.1) is 23.4 Å². The predicted molar refractivity (Wildman–Crippen MR) is 107 cm³/mol. The highest BCUT2D eigenvalue weighted by molar-refractivity contribution is 7.85. The number of hydrogen-bond donors (Lipinski definition) is 2. The summed E-state index contributed by atoms with van der Waals surface area (Å²) in [5.74, 6) is 1.20. The number of benzene rings is 2. The fraction of sp³-hybridized carbons (Fsp3) is 0.316. The lowest BCUT2D eigenvalue weighted by Crippen LogP contribution is -2.39. The van der Waals surface area contributed by atoms with Gasteiger partial charge in [-0.2, -0.15) is 0 Å². The van der Waals surface area contributed by atoms with Crippen molar-refractivity contribution in [3.05, 3.63) is 65.2 Å². The summed E-state index contributed by atoms with van der Waals surface area (Å²) in [7, 11) is -1.04. The number of guanidine groups is 1. The molecule has 4 nitrogen and oxygen atoms in total. The molecule has 0 radical (unpaired) electrons. The Hall–Kier alpha value is -1.85. The third kappa shape index (κ3) is 6.52. The van der Waals surface area contributed by atoms with Gasteiger partial charge in [-0.15, -0.1) is 0 Å². The minimum absolute atomic E-state index is 0.0659. The number of hydrogen-bond acceptors (Lipinski definition) is 2. The molecule has 0 aromatic heterocycles. The number of aliphatic imine (C=N–C) groups is 1. The molecule has 0 spiro atoms.